The van der Waals surface area contributed by atoms with Crippen LogP contribution in [0.4, 0.5) is 11.4 Å². The minimum atomic E-state index is -0.385. The highest BCUT2D eigenvalue weighted by Gasteiger charge is 2.69. The molecule has 2 aliphatic carbocycles. The smallest absolute Gasteiger partial charge is 0.305 e. The topological polar surface area (TPSA) is 109 Å². The molecule has 3 amide bonds. The fraction of sp³-hybridized carbons (Fsp3) is 0.273. The molecule has 0 radical (unpaired) electrons. The summed E-state index contributed by atoms with van der Waals surface area (Å²) < 4.78 is 6.14. The predicted octanol–water partition coefficient (Wildman–Crippen LogP) is 5.13. The number of benzene rings is 3. The number of hydrogen-bond acceptors (Lipinski definition) is 7. The van der Waals surface area contributed by atoms with E-state index in [1.54, 1.807) is 11.8 Å². The fourth-order valence-corrected chi connectivity index (χ4v) is 10.8. The van der Waals surface area contributed by atoms with E-state index >= 15 is 0 Å². The van der Waals surface area contributed by atoms with Gasteiger partial charge in [-0.2, -0.15) is 0 Å². The molecular weight excluding hydrogens is 583 g/mol. The predicted molar refractivity (Wildman–Crippen MR) is 164 cm³/mol. The monoisotopic (exact) mass is 609 g/mol. The van der Waals surface area contributed by atoms with Crippen LogP contribution in [0.3, 0.4) is 0 Å². The summed E-state index contributed by atoms with van der Waals surface area (Å²) in [6, 6.07) is 26.1. The lowest BCUT2D eigenvalue weighted by Crippen LogP contribution is -2.42. The molecule has 2 N–H and O–H groups in total. The zero-order chi connectivity index (χ0) is 29.2. The van der Waals surface area contributed by atoms with Gasteiger partial charge in [-0.05, 0) is 54.5 Å². The number of thioether (sulfide) groups is 1. The largest absolute Gasteiger partial charge is 0.483 e. The molecule has 4 aromatic rings. The number of nitrogens with zero attached hydrogens (tertiary/aromatic N) is 1. The highest BCUT2D eigenvalue weighted by Crippen LogP contribution is 2.69. The molecule has 216 valence electrons. The number of para-hydroxylation sites is 3. The zero-order valence-corrected chi connectivity index (χ0v) is 24.5. The summed E-state index contributed by atoms with van der Waals surface area (Å²) in [6.45, 7) is -0.173. The van der Waals surface area contributed by atoms with Gasteiger partial charge in [-0.3, -0.25) is 24.1 Å². The Bertz CT molecular complexity index is 1810. The third-order valence-corrected chi connectivity index (χ3v) is 12.0. The molecule has 7 atom stereocenters. The van der Waals surface area contributed by atoms with Gasteiger partial charge in [0.05, 0.1) is 22.5 Å². The van der Waals surface area contributed by atoms with Crippen molar-refractivity contribution < 1.29 is 19.1 Å². The van der Waals surface area contributed by atoms with Crippen molar-refractivity contribution in [1.82, 2.24) is 4.98 Å². The molecule has 1 aromatic heterocycles. The van der Waals surface area contributed by atoms with E-state index in [-0.39, 0.29) is 70.0 Å². The summed E-state index contributed by atoms with van der Waals surface area (Å²) in [5.74, 6) is -0.823. The standard InChI is InChI=1S/C33H27N3O5S2/c37-23(34-17-9-3-1-4-10-17)16-41-22-14-8-7-13-19(22)24-25-20-15-21(28(25)42-30-29(24)43-33(40)35-30)27-26(20)31(38)36(32(27)39)18-11-5-2-6-12-18/h1-14,20-21,24-28H,15-16H2,(H,34,37)(H,35,40)/t20?,21?,24-,25?,26?,27?,28?/m1/s1. The lowest BCUT2D eigenvalue weighted by molar-refractivity contribution is -0.123. The van der Waals surface area contributed by atoms with Gasteiger partial charge in [-0.1, -0.05) is 65.9 Å². The Labute approximate surface area is 255 Å². The van der Waals surface area contributed by atoms with Crippen LogP contribution in [-0.4, -0.2) is 34.6 Å². The number of hydrogen-bond donors (Lipinski definition) is 2. The average Bonchev–Trinajstić information content (AvgIpc) is 3.76. The number of carbonyl (C=O) groups is 3. The molecule has 1 saturated heterocycles. The Kier molecular flexibility index (Phi) is 6.30. The Balaban J connectivity index is 1.14. The second-order valence-corrected chi connectivity index (χ2v) is 13.8. The molecule has 43 heavy (non-hydrogen) atoms. The van der Waals surface area contributed by atoms with Gasteiger partial charge in [0, 0.05) is 27.3 Å². The highest BCUT2D eigenvalue weighted by molar-refractivity contribution is 8.00. The van der Waals surface area contributed by atoms with Crippen molar-refractivity contribution in [2.75, 3.05) is 16.8 Å². The van der Waals surface area contributed by atoms with Crippen LogP contribution in [0.5, 0.6) is 5.75 Å². The van der Waals surface area contributed by atoms with Crippen LogP contribution in [0.15, 0.2) is 94.7 Å². The van der Waals surface area contributed by atoms with Crippen molar-refractivity contribution >= 4 is 52.2 Å². The maximum Gasteiger partial charge on any atom is 0.305 e. The van der Waals surface area contributed by atoms with E-state index in [4.69, 9.17) is 4.74 Å². The Hall–Kier alpha value is -4.15. The third kappa shape index (κ3) is 4.18. The van der Waals surface area contributed by atoms with Gasteiger partial charge in [0.25, 0.3) is 5.91 Å². The number of carbonyl (C=O) groups excluding carboxylic acids is 3. The van der Waals surface area contributed by atoms with Crippen LogP contribution in [0.1, 0.15) is 22.8 Å². The first-order chi connectivity index (χ1) is 21.0. The normalized spacial score (nSPS) is 28.4. The number of fused-ring (bicyclic) bond motifs is 9. The molecule has 10 heteroatoms. The lowest BCUT2D eigenvalue weighted by atomic mass is 9.68. The Morgan fingerprint density at radius 1 is 0.884 bits per heavy atom. The van der Waals surface area contributed by atoms with E-state index in [0.717, 1.165) is 21.9 Å². The number of ether oxygens (including phenoxy) is 1. The number of amides is 3. The van der Waals surface area contributed by atoms with Gasteiger partial charge in [0.2, 0.25) is 11.8 Å². The summed E-state index contributed by atoms with van der Waals surface area (Å²) in [5, 5.41) is 3.75. The first-order valence-electron chi connectivity index (χ1n) is 14.4. The maximum atomic E-state index is 13.9. The second kappa shape index (κ2) is 10.2. The van der Waals surface area contributed by atoms with Crippen LogP contribution >= 0.6 is 23.1 Å². The quantitative estimate of drug-likeness (QED) is 0.294. The molecule has 3 fully saturated rings. The van der Waals surface area contributed by atoms with Gasteiger partial charge >= 0.3 is 4.87 Å². The van der Waals surface area contributed by atoms with E-state index in [1.165, 1.54) is 16.2 Å². The molecule has 8 nitrogen and oxygen atoms in total. The minimum absolute atomic E-state index is 0.0116. The molecule has 2 saturated carbocycles. The van der Waals surface area contributed by atoms with E-state index < -0.39 is 0 Å². The van der Waals surface area contributed by atoms with Gasteiger partial charge < -0.3 is 15.0 Å². The van der Waals surface area contributed by atoms with Crippen LogP contribution in [0.2, 0.25) is 0 Å². The van der Waals surface area contributed by atoms with E-state index in [2.05, 4.69) is 10.3 Å². The molecule has 2 aliphatic heterocycles. The van der Waals surface area contributed by atoms with Gasteiger partial charge in [-0.25, -0.2) is 0 Å². The van der Waals surface area contributed by atoms with Gasteiger partial charge in [-0.15, -0.1) is 11.8 Å². The lowest BCUT2D eigenvalue weighted by Gasteiger charge is -2.43. The minimum Gasteiger partial charge on any atom is -0.483 e. The SMILES string of the molecule is O=C(COc1ccccc1[C@H]1c2sc(=O)[nH]c2SC2C3CC(C4C(=O)N(c5ccccc5)C(=O)C34)C21)Nc1ccccc1. The van der Waals surface area contributed by atoms with Crippen LogP contribution in [-0.2, 0) is 14.4 Å². The number of nitrogens with one attached hydrogen (secondary N) is 2. The molecule has 3 heterocycles. The average molecular weight is 610 g/mol. The summed E-state index contributed by atoms with van der Waals surface area (Å²) in [7, 11) is 0. The van der Waals surface area contributed by atoms with Gasteiger partial charge in [0.1, 0.15) is 5.75 Å². The summed E-state index contributed by atoms with van der Waals surface area (Å²) in [5.41, 5.74) is 2.20. The van der Waals surface area contributed by atoms with E-state index in [1.807, 2.05) is 84.9 Å². The number of rotatable bonds is 6. The second-order valence-electron chi connectivity index (χ2n) is 11.5. The highest BCUT2D eigenvalue weighted by atomic mass is 32.2. The summed E-state index contributed by atoms with van der Waals surface area (Å²) >= 11 is 2.85. The maximum absolute atomic E-state index is 13.9. The molecular formula is C33H27N3O5S2. The Morgan fingerprint density at radius 2 is 1.56 bits per heavy atom. The summed E-state index contributed by atoms with van der Waals surface area (Å²) in [4.78, 5) is 58.3. The zero-order valence-electron chi connectivity index (χ0n) is 22.8. The van der Waals surface area contributed by atoms with Crippen LogP contribution in [0.25, 0.3) is 0 Å². The van der Waals surface area contributed by atoms with Gasteiger partial charge in [0.15, 0.2) is 6.61 Å². The van der Waals surface area contributed by atoms with Crippen molar-refractivity contribution in [3.8, 4) is 5.75 Å². The molecule has 6 unspecified atom stereocenters. The Morgan fingerprint density at radius 3 is 2.33 bits per heavy atom. The molecule has 8 rings (SSSR count). The molecule has 2 bridgehead atoms. The first kappa shape index (κ1) is 26.5. The van der Waals surface area contributed by atoms with Crippen molar-refractivity contribution in [1.29, 1.82) is 0 Å². The van der Waals surface area contributed by atoms with E-state index in [0.29, 0.717) is 17.1 Å². The first-order valence-corrected chi connectivity index (χ1v) is 16.1. The number of aromatic amines is 1. The van der Waals surface area contributed by atoms with Crippen molar-refractivity contribution in [2.24, 2.45) is 29.6 Å². The molecule has 0 spiro atoms. The van der Waals surface area contributed by atoms with Crippen molar-refractivity contribution in [2.45, 2.75) is 22.6 Å². The fourth-order valence-electron chi connectivity index (χ4n) is 7.93. The number of aromatic nitrogens is 1. The van der Waals surface area contributed by atoms with E-state index in [9.17, 15) is 19.2 Å². The number of H-pyrrole nitrogens is 1. The van der Waals surface area contributed by atoms with Crippen LogP contribution in [0, 0.1) is 29.6 Å². The third-order valence-electron chi connectivity index (χ3n) is 9.41. The van der Waals surface area contributed by atoms with Crippen molar-refractivity contribution in [3.63, 3.8) is 0 Å². The molecule has 4 aliphatic rings. The summed E-state index contributed by atoms with van der Waals surface area (Å²) in [6.07, 6.45) is 0.802. The number of thiazole rings is 1. The number of anilines is 2. The van der Waals surface area contributed by atoms with Crippen LogP contribution < -0.4 is 19.8 Å². The van der Waals surface area contributed by atoms with Crippen molar-refractivity contribution in [3.05, 3.63) is 105 Å². The number of imide groups is 1. The molecule has 3 aromatic carbocycles.